The van der Waals surface area contributed by atoms with Crippen LogP contribution in [0.1, 0.15) is 55.3 Å². The number of carbonyl (C=O) groups excluding carboxylic acids is 1. The van der Waals surface area contributed by atoms with Gasteiger partial charge in [0.05, 0.1) is 5.69 Å². The maximum atomic E-state index is 11.7. The first kappa shape index (κ1) is 26.1. The van der Waals surface area contributed by atoms with Crippen LogP contribution in [0.15, 0.2) is 85.3 Å². The molecule has 2 aromatic heterocycles. The predicted molar refractivity (Wildman–Crippen MR) is 161 cm³/mol. The predicted octanol–water partition coefficient (Wildman–Crippen LogP) is 6.31. The summed E-state index contributed by atoms with van der Waals surface area (Å²) >= 11 is 0. The Labute approximate surface area is 236 Å². The van der Waals surface area contributed by atoms with Gasteiger partial charge in [0.2, 0.25) is 5.91 Å². The second-order valence-electron chi connectivity index (χ2n) is 11.3. The van der Waals surface area contributed by atoms with Crippen LogP contribution in [0.2, 0.25) is 0 Å². The van der Waals surface area contributed by atoms with Gasteiger partial charge in [0.25, 0.3) is 0 Å². The number of aromatic nitrogens is 3. The summed E-state index contributed by atoms with van der Waals surface area (Å²) in [6.07, 6.45) is 14.4. The van der Waals surface area contributed by atoms with Gasteiger partial charge in [-0.3, -0.25) is 4.79 Å². The fourth-order valence-electron chi connectivity index (χ4n) is 6.57. The van der Waals surface area contributed by atoms with E-state index in [1.54, 1.807) is 6.07 Å². The number of benzene rings is 2. The van der Waals surface area contributed by atoms with Crippen molar-refractivity contribution >= 4 is 17.4 Å². The molecule has 4 aromatic rings. The fourth-order valence-corrected chi connectivity index (χ4v) is 6.57. The summed E-state index contributed by atoms with van der Waals surface area (Å²) in [4.78, 5) is 18.9. The Morgan fingerprint density at radius 1 is 0.900 bits per heavy atom. The van der Waals surface area contributed by atoms with Gasteiger partial charge in [-0.25, -0.2) is 9.67 Å². The molecule has 2 fully saturated rings. The van der Waals surface area contributed by atoms with Gasteiger partial charge in [-0.2, -0.15) is 5.10 Å². The van der Waals surface area contributed by atoms with Crippen LogP contribution >= 0.6 is 0 Å². The molecule has 1 aliphatic heterocycles. The molecule has 3 heterocycles. The van der Waals surface area contributed by atoms with E-state index < -0.39 is 5.91 Å². The van der Waals surface area contributed by atoms with E-state index in [1.807, 2.05) is 53.6 Å². The summed E-state index contributed by atoms with van der Waals surface area (Å²) in [5, 5.41) is 8.15. The lowest BCUT2D eigenvalue weighted by molar-refractivity contribution is 0.100. The number of carbonyl (C=O) groups is 1. The second-order valence-corrected chi connectivity index (χ2v) is 11.3. The number of nitrogens with one attached hydrogen (secondary N) is 1. The molecule has 0 spiro atoms. The monoisotopic (exact) mass is 534 g/mol. The highest BCUT2D eigenvalue weighted by atomic mass is 16.1. The Morgan fingerprint density at radius 3 is 2.55 bits per heavy atom. The second kappa shape index (κ2) is 11.9. The number of amides is 1. The van der Waals surface area contributed by atoms with Crippen LogP contribution in [0.25, 0.3) is 16.8 Å². The average Bonchev–Trinajstić information content (AvgIpc) is 3.54. The molecule has 6 rings (SSSR count). The number of hydrogen-bond acceptors (Lipinski definition) is 5. The Morgan fingerprint density at radius 2 is 1.73 bits per heavy atom. The van der Waals surface area contributed by atoms with E-state index in [0.717, 1.165) is 35.7 Å². The highest BCUT2D eigenvalue weighted by molar-refractivity contribution is 5.94. The number of rotatable bonds is 8. The molecular weight excluding hydrogens is 496 g/mol. The van der Waals surface area contributed by atoms with E-state index in [9.17, 15) is 4.79 Å². The summed E-state index contributed by atoms with van der Waals surface area (Å²) in [7, 11) is 0. The molecular formula is C33H38N6O. The molecule has 2 aromatic carbocycles. The Hall–Kier alpha value is -4.13. The number of anilines is 2. The third-order valence-electron chi connectivity index (χ3n) is 8.62. The van der Waals surface area contributed by atoms with Gasteiger partial charge >= 0.3 is 0 Å². The van der Waals surface area contributed by atoms with Crippen LogP contribution in [-0.2, 0) is 0 Å². The van der Waals surface area contributed by atoms with Crippen molar-refractivity contribution in [2.24, 2.45) is 17.6 Å². The first-order valence-corrected chi connectivity index (χ1v) is 14.6. The van der Waals surface area contributed by atoms with Gasteiger partial charge in [-0.05, 0) is 110 Å². The minimum absolute atomic E-state index is 0.410. The molecule has 206 valence electrons. The van der Waals surface area contributed by atoms with E-state index in [-0.39, 0.29) is 0 Å². The summed E-state index contributed by atoms with van der Waals surface area (Å²) in [5.41, 5.74) is 10.4. The van der Waals surface area contributed by atoms with Crippen molar-refractivity contribution in [3.05, 3.63) is 90.9 Å². The number of primary amides is 1. The van der Waals surface area contributed by atoms with Crippen molar-refractivity contribution in [1.29, 1.82) is 0 Å². The van der Waals surface area contributed by atoms with E-state index in [2.05, 4.69) is 50.6 Å². The van der Waals surface area contributed by atoms with Crippen molar-refractivity contribution in [3.63, 3.8) is 0 Å². The molecule has 3 atom stereocenters. The number of piperidine rings is 1. The number of nitrogens with zero attached hydrogens (tertiary/aromatic N) is 4. The largest absolute Gasteiger partial charge is 0.371 e. The molecule has 0 unspecified atom stereocenters. The lowest BCUT2D eigenvalue weighted by Crippen LogP contribution is -2.39. The highest BCUT2D eigenvalue weighted by Crippen LogP contribution is 2.35. The molecule has 0 radical (unpaired) electrons. The average molecular weight is 535 g/mol. The Balaban J connectivity index is 1.11. The zero-order valence-electron chi connectivity index (χ0n) is 23.0. The zero-order chi connectivity index (χ0) is 27.3. The smallest absolute Gasteiger partial charge is 0.248 e. The van der Waals surface area contributed by atoms with Crippen molar-refractivity contribution < 1.29 is 4.79 Å². The molecule has 7 heteroatoms. The maximum absolute atomic E-state index is 11.7. The quantitative estimate of drug-likeness (QED) is 0.277. The molecule has 1 saturated heterocycles. The van der Waals surface area contributed by atoms with E-state index in [0.29, 0.717) is 23.4 Å². The molecule has 7 nitrogen and oxygen atoms in total. The number of pyridine rings is 1. The normalized spacial score (nSPS) is 21.2. The third kappa shape index (κ3) is 6.03. The maximum Gasteiger partial charge on any atom is 0.248 e. The van der Waals surface area contributed by atoms with Crippen LogP contribution in [0.5, 0.6) is 0 Å². The van der Waals surface area contributed by atoms with Crippen molar-refractivity contribution in [2.45, 2.75) is 51.0 Å². The van der Waals surface area contributed by atoms with Gasteiger partial charge in [-0.15, -0.1) is 0 Å². The SMILES string of the molecule is NC(=O)c1cccc(-c2ccnc(N[C@@H]3CCCC[C@H]3C[C@H]3CCCN(c4ccc(-n5cccn5)cc4)C3)c2)c1. The fraction of sp³-hybridized carbons (Fsp3) is 0.364. The first-order valence-electron chi connectivity index (χ1n) is 14.6. The molecule has 3 N–H and O–H groups in total. The zero-order valence-corrected chi connectivity index (χ0v) is 23.0. The van der Waals surface area contributed by atoms with E-state index >= 15 is 0 Å². The van der Waals surface area contributed by atoms with Gasteiger partial charge in [0.1, 0.15) is 5.82 Å². The molecule has 1 amide bonds. The molecule has 0 bridgehead atoms. The van der Waals surface area contributed by atoms with Gasteiger partial charge in [0, 0.05) is 49.0 Å². The van der Waals surface area contributed by atoms with Crippen molar-refractivity contribution in [3.8, 4) is 16.8 Å². The standard InChI is InChI=1S/C33H38N6O/c34-33(40)28-9-3-8-25(21-28)26-15-17-35-32(22-26)37-31-10-2-1-7-27(31)20-24-6-4-18-38(23-24)29-11-13-30(14-12-29)39-19-5-16-36-39/h3,5,8-9,11-17,19,21-22,24,27,31H,1-2,4,6-7,10,18,20,23H2,(H2,34,40)(H,35,37)/t24-,27+,31-/m1/s1. The van der Waals surface area contributed by atoms with Crippen LogP contribution in [-0.4, -0.2) is 39.8 Å². The third-order valence-corrected chi connectivity index (χ3v) is 8.62. The van der Waals surface area contributed by atoms with E-state index in [1.165, 1.54) is 50.6 Å². The number of hydrogen-bond donors (Lipinski definition) is 2. The highest BCUT2D eigenvalue weighted by Gasteiger charge is 2.30. The molecule has 1 aliphatic carbocycles. The lowest BCUT2D eigenvalue weighted by Gasteiger charge is -2.39. The van der Waals surface area contributed by atoms with Crippen LogP contribution in [0.3, 0.4) is 0 Å². The van der Waals surface area contributed by atoms with Gasteiger partial charge in [-0.1, -0.05) is 25.0 Å². The van der Waals surface area contributed by atoms with Gasteiger partial charge < -0.3 is 16.0 Å². The topological polar surface area (TPSA) is 89.1 Å². The van der Waals surface area contributed by atoms with Crippen LogP contribution < -0.4 is 16.0 Å². The lowest BCUT2D eigenvalue weighted by atomic mass is 9.77. The molecule has 1 saturated carbocycles. The van der Waals surface area contributed by atoms with Crippen molar-refractivity contribution in [1.82, 2.24) is 14.8 Å². The summed E-state index contributed by atoms with van der Waals surface area (Å²) in [6.45, 7) is 2.24. The summed E-state index contributed by atoms with van der Waals surface area (Å²) < 4.78 is 1.90. The van der Waals surface area contributed by atoms with Crippen LogP contribution in [0.4, 0.5) is 11.5 Å². The summed E-state index contributed by atoms with van der Waals surface area (Å²) in [6, 6.07) is 22.8. The number of nitrogens with two attached hydrogens (primary N) is 1. The Bertz CT molecular complexity index is 1420. The van der Waals surface area contributed by atoms with Gasteiger partial charge in [0.15, 0.2) is 0 Å². The minimum atomic E-state index is -0.410. The van der Waals surface area contributed by atoms with Crippen LogP contribution in [0, 0.1) is 11.8 Å². The molecule has 40 heavy (non-hydrogen) atoms. The minimum Gasteiger partial charge on any atom is -0.371 e. The molecule has 2 aliphatic rings. The van der Waals surface area contributed by atoms with Crippen molar-refractivity contribution in [2.75, 3.05) is 23.3 Å². The summed E-state index contributed by atoms with van der Waals surface area (Å²) in [5.74, 6) is 1.83. The van der Waals surface area contributed by atoms with E-state index in [4.69, 9.17) is 5.73 Å². The Kier molecular flexibility index (Phi) is 7.80. The first-order chi connectivity index (χ1) is 19.6.